The minimum Gasteiger partial charge on any atom is -0.484 e. The van der Waals surface area contributed by atoms with Crippen molar-refractivity contribution in [3.63, 3.8) is 0 Å². The van der Waals surface area contributed by atoms with Gasteiger partial charge in [0.2, 0.25) is 0 Å². The quantitative estimate of drug-likeness (QED) is 0.444. The number of allylic oxidation sites excluding steroid dienone is 1. The molecule has 2 atom stereocenters. The zero-order valence-electron chi connectivity index (χ0n) is 17.6. The van der Waals surface area contributed by atoms with E-state index in [1.807, 2.05) is 0 Å². The highest BCUT2D eigenvalue weighted by Gasteiger charge is 2.38. The maximum Gasteiger partial charge on any atom is 0.422 e. The number of ether oxygens (including phenoxy) is 1. The minimum atomic E-state index is -4.41. The molecule has 5 nitrogen and oxygen atoms in total. The Morgan fingerprint density at radius 2 is 1.85 bits per heavy atom. The number of rotatable bonds is 9. The first-order valence-electron chi connectivity index (χ1n) is 10.0. The molecule has 0 saturated carbocycles. The Balaban J connectivity index is 1.73. The SMILES string of the molecule is C[C@@H](C/C=C/c1ccc(OCC(F)(F)F)cc1)[C@](O)(Cn1cncn1)c1ccc(F)cc1F. The first-order chi connectivity index (χ1) is 15.6. The summed E-state index contributed by atoms with van der Waals surface area (Å²) in [7, 11) is 0. The molecule has 0 spiro atoms. The Hall–Kier alpha value is -3.27. The number of alkyl halides is 3. The summed E-state index contributed by atoms with van der Waals surface area (Å²) >= 11 is 0. The van der Waals surface area contributed by atoms with Crippen LogP contribution in [0.2, 0.25) is 0 Å². The first kappa shape index (κ1) is 24.4. The average molecular weight is 467 g/mol. The first-order valence-corrected chi connectivity index (χ1v) is 10.0. The Morgan fingerprint density at radius 3 is 2.45 bits per heavy atom. The third-order valence-corrected chi connectivity index (χ3v) is 5.16. The third-order valence-electron chi connectivity index (χ3n) is 5.16. The number of hydrogen-bond acceptors (Lipinski definition) is 4. The number of aliphatic hydroxyl groups is 1. The topological polar surface area (TPSA) is 60.2 Å². The molecule has 3 rings (SSSR count). The van der Waals surface area contributed by atoms with Crippen molar-refractivity contribution in [1.29, 1.82) is 0 Å². The van der Waals surface area contributed by atoms with Gasteiger partial charge in [0, 0.05) is 11.6 Å². The standard InChI is InChI=1S/C23H22F5N3O2/c1-16(3-2-4-17-5-8-19(9-6-17)33-13-23(26,27)28)22(32,12-31-15-29-14-30-31)20-10-7-18(24)11-21(20)25/h2,4-11,14-16,32H,3,12-13H2,1H3/b4-2+/t16-,22+/m0/s1. The molecule has 3 aromatic rings. The molecule has 0 saturated heterocycles. The molecule has 0 aliphatic carbocycles. The predicted octanol–water partition coefficient (Wildman–Crippen LogP) is 5.12. The molecule has 2 aromatic carbocycles. The lowest BCUT2D eigenvalue weighted by molar-refractivity contribution is -0.153. The molecule has 0 radical (unpaired) electrons. The van der Waals surface area contributed by atoms with Crippen molar-refractivity contribution >= 4 is 6.08 Å². The molecule has 0 aliphatic heterocycles. The fourth-order valence-electron chi connectivity index (χ4n) is 3.35. The Bertz CT molecular complexity index is 1070. The second-order valence-corrected chi connectivity index (χ2v) is 7.65. The summed E-state index contributed by atoms with van der Waals surface area (Å²) in [5.74, 6) is -2.06. The second kappa shape index (κ2) is 10.1. The van der Waals surface area contributed by atoms with Crippen LogP contribution in [0.15, 0.2) is 61.2 Å². The molecule has 1 heterocycles. The van der Waals surface area contributed by atoms with Crippen molar-refractivity contribution in [3.8, 4) is 5.75 Å². The fraction of sp³-hybridized carbons (Fsp3) is 0.304. The van der Waals surface area contributed by atoms with Gasteiger partial charge in [0.15, 0.2) is 6.61 Å². The molecule has 1 aromatic heterocycles. The summed E-state index contributed by atoms with van der Waals surface area (Å²) < 4.78 is 70.7. The van der Waals surface area contributed by atoms with E-state index < -0.39 is 35.9 Å². The van der Waals surface area contributed by atoms with Gasteiger partial charge in [0.05, 0.1) is 6.54 Å². The molecule has 176 valence electrons. The van der Waals surface area contributed by atoms with Crippen molar-refractivity contribution in [2.45, 2.75) is 31.7 Å². The third kappa shape index (κ3) is 6.61. The molecular weight excluding hydrogens is 445 g/mol. The summed E-state index contributed by atoms with van der Waals surface area (Å²) in [6.07, 6.45) is 2.05. The normalized spacial score (nSPS) is 14.9. The van der Waals surface area contributed by atoms with Crippen molar-refractivity contribution < 1.29 is 31.8 Å². The fourth-order valence-corrected chi connectivity index (χ4v) is 3.35. The highest BCUT2D eigenvalue weighted by Crippen LogP contribution is 2.36. The van der Waals surface area contributed by atoms with Gasteiger partial charge < -0.3 is 9.84 Å². The van der Waals surface area contributed by atoms with Gasteiger partial charge in [-0.1, -0.05) is 37.3 Å². The van der Waals surface area contributed by atoms with E-state index in [0.717, 1.165) is 6.07 Å². The van der Waals surface area contributed by atoms with Gasteiger partial charge in [-0.05, 0) is 36.1 Å². The second-order valence-electron chi connectivity index (χ2n) is 7.65. The molecule has 0 aliphatic rings. The Morgan fingerprint density at radius 1 is 1.12 bits per heavy atom. The maximum atomic E-state index is 14.6. The summed E-state index contributed by atoms with van der Waals surface area (Å²) in [4.78, 5) is 3.83. The van der Waals surface area contributed by atoms with Gasteiger partial charge in [-0.2, -0.15) is 18.3 Å². The Kier molecular flexibility index (Phi) is 7.47. The van der Waals surface area contributed by atoms with Crippen LogP contribution in [-0.4, -0.2) is 32.7 Å². The number of nitrogens with zero attached hydrogens (tertiary/aromatic N) is 3. The number of benzene rings is 2. The lowest BCUT2D eigenvalue weighted by Crippen LogP contribution is -2.39. The molecule has 0 amide bonds. The lowest BCUT2D eigenvalue weighted by atomic mass is 9.80. The van der Waals surface area contributed by atoms with Gasteiger partial charge in [0.1, 0.15) is 35.6 Å². The molecule has 0 unspecified atom stereocenters. The minimum absolute atomic E-state index is 0.0635. The zero-order chi connectivity index (χ0) is 24.1. The average Bonchev–Trinajstić information content (AvgIpc) is 3.25. The summed E-state index contributed by atoms with van der Waals surface area (Å²) in [6, 6.07) is 9.03. The number of aromatic nitrogens is 3. The molecule has 1 N–H and O–H groups in total. The van der Waals surface area contributed by atoms with Crippen molar-refractivity contribution in [2.75, 3.05) is 6.61 Å². The number of hydrogen-bond donors (Lipinski definition) is 1. The van der Waals surface area contributed by atoms with E-state index in [2.05, 4.69) is 14.8 Å². The Labute approximate surface area is 187 Å². The summed E-state index contributed by atoms with van der Waals surface area (Å²) in [6.45, 7) is 0.248. The van der Waals surface area contributed by atoms with Crippen LogP contribution in [0.4, 0.5) is 22.0 Å². The van der Waals surface area contributed by atoms with Crippen LogP contribution in [0, 0.1) is 17.6 Å². The largest absolute Gasteiger partial charge is 0.484 e. The van der Waals surface area contributed by atoms with Crippen LogP contribution in [-0.2, 0) is 12.1 Å². The van der Waals surface area contributed by atoms with Gasteiger partial charge >= 0.3 is 6.18 Å². The monoisotopic (exact) mass is 467 g/mol. The molecular formula is C23H22F5N3O2. The highest BCUT2D eigenvalue weighted by atomic mass is 19.4. The van der Waals surface area contributed by atoms with Gasteiger partial charge in [-0.25, -0.2) is 18.4 Å². The van der Waals surface area contributed by atoms with Crippen LogP contribution in [0.5, 0.6) is 5.75 Å². The maximum absolute atomic E-state index is 14.6. The van der Waals surface area contributed by atoms with Crippen molar-refractivity contribution in [1.82, 2.24) is 14.8 Å². The van der Waals surface area contributed by atoms with E-state index in [4.69, 9.17) is 0 Å². The van der Waals surface area contributed by atoms with Crippen LogP contribution in [0.3, 0.4) is 0 Å². The summed E-state index contributed by atoms with van der Waals surface area (Å²) in [5, 5.41) is 15.4. The molecule has 33 heavy (non-hydrogen) atoms. The van der Waals surface area contributed by atoms with Crippen LogP contribution >= 0.6 is 0 Å². The highest BCUT2D eigenvalue weighted by molar-refractivity contribution is 5.50. The van der Waals surface area contributed by atoms with E-state index in [1.165, 1.54) is 35.5 Å². The van der Waals surface area contributed by atoms with Gasteiger partial charge in [-0.3, -0.25) is 0 Å². The van der Waals surface area contributed by atoms with E-state index in [1.54, 1.807) is 31.2 Å². The predicted molar refractivity (Wildman–Crippen MR) is 111 cm³/mol. The zero-order valence-corrected chi connectivity index (χ0v) is 17.6. The van der Waals surface area contributed by atoms with Crippen molar-refractivity contribution in [3.05, 3.63) is 84.0 Å². The van der Waals surface area contributed by atoms with Gasteiger partial charge in [-0.15, -0.1) is 0 Å². The molecule has 0 bridgehead atoms. The van der Waals surface area contributed by atoms with Crippen molar-refractivity contribution in [2.24, 2.45) is 5.92 Å². The van der Waals surface area contributed by atoms with E-state index in [-0.39, 0.29) is 17.9 Å². The molecule has 0 fully saturated rings. The van der Waals surface area contributed by atoms with Crippen LogP contribution in [0.25, 0.3) is 6.08 Å². The van der Waals surface area contributed by atoms with E-state index in [9.17, 15) is 27.1 Å². The van der Waals surface area contributed by atoms with E-state index in [0.29, 0.717) is 18.1 Å². The molecule has 10 heteroatoms. The van der Waals surface area contributed by atoms with Gasteiger partial charge in [0.25, 0.3) is 0 Å². The smallest absolute Gasteiger partial charge is 0.422 e. The summed E-state index contributed by atoms with van der Waals surface area (Å²) in [5.41, 5.74) is -1.08. The lowest BCUT2D eigenvalue weighted by Gasteiger charge is -2.34. The van der Waals surface area contributed by atoms with E-state index >= 15 is 0 Å². The van der Waals surface area contributed by atoms with Crippen LogP contribution in [0.1, 0.15) is 24.5 Å². The number of halogens is 5. The van der Waals surface area contributed by atoms with Crippen LogP contribution < -0.4 is 4.74 Å².